The van der Waals surface area contributed by atoms with Crippen molar-refractivity contribution in [2.45, 2.75) is 45.2 Å². The van der Waals surface area contributed by atoms with E-state index in [1.165, 1.54) is 4.88 Å². The van der Waals surface area contributed by atoms with Crippen molar-refractivity contribution in [3.63, 3.8) is 0 Å². The Balaban J connectivity index is 1.85. The Morgan fingerprint density at radius 3 is 2.82 bits per heavy atom. The maximum absolute atomic E-state index is 11.6. The molecule has 1 aliphatic carbocycles. The Morgan fingerprint density at radius 1 is 1.59 bits per heavy atom. The van der Waals surface area contributed by atoms with E-state index in [-0.39, 0.29) is 11.4 Å². The van der Waals surface area contributed by atoms with Crippen molar-refractivity contribution in [3.8, 4) is 0 Å². The van der Waals surface area contributed by atoms with Crippen molar-refractivity contribution in [1.29, 1.82) is 0 Å². The minimum Gasteiger partial charge on any atom is -0.352 e. The number of carbonyl (C=O) groups excluding carboxylic acids is 1. The van der Waals surface area contributed by atoms with Crippen molar-refractivity contribution in [2.24, 2.45) is 0 Å². The molecule has 0 aromatic carbocycles. The maximum atomic E-state index is 11.6. The third kappa shape index (κ3) is 3.51. The molecule has 94 valence electrons. The smallest absolute Gasteiger partial charge is 0.234 e. The van der Waals surface area contributed by atoms with Crippen LogP contribution in [0, 0.1) is 6.92 Å². The normalized spacial score (nSPS) is 15.9. The lowest BCUT2D eigenvalue weighted by molar-refractivity contribution is -0.120. The maximum Gasteiger partial charge on any atom is 0.234 e. The highest BCUT2D eigenvalue weighted by Crippen LogP contribution is 2.24. The first-order valence-electron chi connectivity index (χ1n) is 5.95. The first-order valence-corrected chi connectivity index (χ1v) is 6.76. The lowest BCUT2D eigenvalue weighted by atomic mass is 10.1. The van der Waals surface area contributed by atoms with E-state index in [4.69, 9.17) is 0 Å². The molecule has 5 heteroatoms. The summed E-state index contributed by atoms with van der Waals surface area (Å²) in [6.45, 7) is 6.49. The van der Waals surface area contributed by atoms with Crippen LogP contribution in [0.15, 0.2) is 6.20 Å². The molecule has 0 atom stereocenters. The first-order chi connectivity index (χ1) is 7.97. The minimum absolute atomic E-state index is 0.0776. The molecule has 4 nitrogen and oxygen atoms in total. The zero-order valence-corrected chi connectivity index (χ0v) is 11.4. The van der Waals surface area contributed by atoms with Crippen LogP contribution in [-0.4, -0.2) is 23.5 Å². The Hall–Kier alpha value is -0.940. The quantitative estimate of drug-likeness (QED) is 0.837. The van der Waals surface area contributed by atoms with Crippen LogP contribution in [0.25, 0.3) is 0 Å². The van der Waals surface area contributed by atoms with Gasteiger partial charge in [0.2, 0.25) is 5.91 Å². The van der Waals surface area contributed by atoms with Gasteiger partial charge in [0.1, 0.15) is 5.01 Å². The summed E-state index contributed by atoms with van der Waals surface area (Å²) in [6, 6.07) is 0.425. The molecule has 1 aromatic rings. The van der Waals surface area contributed by atoms with Gasteiger partial charge in [0.25, 0.3) is 0 Å². The van der Waals surface area contributed by atoms with E-state index in [2.05, 4.69) is 29.5 Å². The third-order valence-corrected chi connectivity index (χ3v) is 4.03. The summed E-state index contributed by atoms with van der Waals surface area (Å²) in [6.07, 6.45) is 4.12. The van der Waals surface area contributed by atoms with Gasteiger partial charge >= 0.3 is 0 Å². The number of nitrogens with zero attached hydrogens (tertiary/aromatic N) is 1. The molecule has 0 bridgehead atoms. The van der Waals surface area contributed by atoms with Crippen LogP contribution in [0.3, 0.4) is 0 Å². The lowest BCUT2D eigenvalue weighted by Gasteiger charge is -2.23. The van der Waals surface area contributed by atoms with Gasteiger partial charge in [-0.25, -0.2) is 4.98 Å². The molecule has 0 spiro atoms. The van der Waals surface area contributed by atoms with Crippen molar-refractivity contribution in [2.75, 3.05) is 6.54 Å². The molecule has 1 aromatic heterocycles. The highest BCUT2D eigenvalue weighted by Gasteiger charge is 2.26. The molecule has 0 unspecified atom stereocenters. The van der Waals surface area contributed by atoms with Crippen LogP contribution in [0.1, 0.15) is 36.6 Å². The average Bonchev–Trinajstić information content (AvgIpc) is 2.95. The zero-order chi connectivity index (χ0) is 12.5. The third-order valence-electron chi connectivity index (χ3n) is 2.79. The van der Waals surface area contributed by atoms with Crippen LogP contribution in [0.4, 0.5) is 0 Å². The Morgan fingerprint density at radius 2 is 2.29 bits per heavy atom. The van der Waals surface area contributed by atoms with Crippen molar-refractivity contribution in [3.05, 3.63) is 16.1 Å². The largest absolute Gasteiger partial charge is 0.352 e. The summed E-state index contributed by atoms with van der Waals surface area (Å²) in [4.78, 5) is 17.1. The van der Waals surface area contributed by atoms with Gasteiger partial charge < -0.3 is 5.32 Å². The number of hydrogen-bond donors (Lipinski definition) is 2. The van der Waals surface area contributed by atoms with Crippen LogP contribution in [0.5, 0.6) is 0 Å². The van der Waals surface area contributed by atoms with Crippen LogP contribution >= 0.6 is 11.3 Å². The predicted molar refractivity (Wildman–Crippen MR) is 69.0 cm³/mol. The van der Waals surface area contributed by atoms with Crippen LogP contribution in [-0.2, 0) is 10.3 Å². The number of nitrogens with one attached hydrogen (secondary N) is 2. The van der Waals surface area contributed by atoms with E-state index in [1.807, 2.05) is 13.1 Å². The molecule has 2 N–H and O–H groups in total. The van der Waals surface area contributed by atoms with Gasteiger partial charge in [-0.1, -0.05) is 0 Å². The van der Waals surface area contributed by atoms with Crippen LogP contribution in [0.2, 0.25) is 0 Å². The lowest BCUT2D eigenvalue weighted by Crippen LogP contribution is -2.43. The fourth-order valence-corrected chi connectivity index (χ4v) is 2.37. The molecule has 17 heavy (non-hydrogen) atoms. The Labute approximate surface area is 106 Å². The molecular formula is C12H19N3OS. The molecule has 1 amide bonds. The number of aromatic nitrogens is 1. The second kappa shape index (κ2) is 4.74. The van der Waals surface area contributed by atoms with Gasteiger partial charge in [0.15, 0.2) is 0 Å². The van der Waals surface area contributed by atoms with Gasteiger partial charge in [-0.15, -0.1) is 11.3 Å². The summed E-state index contributed by atoms with van der Waals surface area (Å²) in [5, 5.41) is 7.24. The molecule has 1 aliphatic rings. The number of aryl methyl sites for hydroxylation is 1. The molecule has 1 fully saturated rings. The van der Waals surface area contributed by atoms with E-state index < -0.39 is 0 Å². The van der Waals surface area contributed by atoms with Gasteiger partial charge in [0, 0.05) is 17.1 Å². The minimum atomic E-state index is -0.250. The fourth-order valence-electron chi connectivity index (χ4n) is 1.53. The number of rotatable bonds is 5. The summed E-state index contributed by atoms with van der Waals surface area (Å²) in [5.74, 6) is 0.0776. The molecule has 1 saturated carbocycles. The van der Waals surface area contributed by atoms with Gasteiger partial charge in [-0.05, 0) is 33.6 Å². The molecular weight excluding hydrogens is 234 g/mol. The molecule has 0 saturated heterocycles. The Kier molecular flexibility index (Phi) is 3.49. The summed E-state index contributed by atoms with van der Waals surface area (Å²) in [5.41, 5.74) is -0.250. The second-order valence-electron chi connectivity index (χ2n) is 5.10. The van der Waals surface area contributed by atoms with Crippen molar-refractivity contribution < 1.29 is 4.79 Å². The van der Waals surface area contributed by atoms with E-state index in [0.29, 0.717) is 12.6 Å². The number of amides is 1. The number of thiazole rings is 1. The second-order valence-corrected chi connectivity index (χ2v) is 6.33. The Bertz CT molecular complexity index is 410. The van der Waals surface area contributed by atoms with E-state index in [9.17, 15) is 4.79 Å². The zero-order valence-electron chi connectivity index (χ0n) is 10.5. The van der Waals surface area contributed by atoms with Gasteiger partial charge in [-0.2, -0.15) is 0 Å². The molecule has 2 rings (SSSR count). The topological polar surface area (TPSA) is 54.0 Å². The van der Waals surface area contributed by atoms with E-state index in [1.54, 1.807) is 11.3 Å². The van der Waals surface area contributed by atoms with Crippen LogP contribution < -0.4 is 10.6 Å². The molecule has 0 radical (unpaired) electrons. The average molecular weight is 253 g/mol. The van der Waals surface area contributed by atoms with Crippen molar-refractivity contribution in [1.82, 2.24) is 15.6 Å². The van der Waals surface area contributed by atoms with E-state index in [0.717, 1.165) is 17.8 Å². The molecule has 0 aliphatic heterocycles. The monoisotopic (exact) mass is 253 g/mol. The molecule has 1 heterocycles. The van der Waals surface area contributed by atoms with Gasteiger partial charge in [-0.3, -0.25) is 10.1 Å². The predicted octanol–water partition coefficient (Wildman–Crippen LogP) is 1.55. The summed E-state index contributed by atoms with van der Waals surface area (Å²) < 4.78 is 0. The fraction of sp³-hybridized carbons (Fsp3) is 0.667. The highest BCUT2D eigenvalue weighted by molar-refractivity contribution is 7.11. The number of carbonyl (C=O) groups is 1. The van der Waals surface area contributed by atoms with E-state index >= 15 is 0 Å². The number of hydrogen-bond acceptors (Lipinski definition) is 4. The first kappa shape index (κ1) is 12.5. The SMILES string of the molecule is Cc1cnc(C(C)(C)NCC(=O)NC2CC2)s1. The summed E-state index contributed by atoms with van der Waals surface area (Å²) >= 11 is 1.67. The van der Waals surface area contributed by atoms with Crippen molar-refractivity contribution >= 4 is 17.2 Å². The summed E-state index contributed by atoms with van der Waals surface area (Å²) in [7, 11) is 0. The standard InChI is InChI=1S/C12H19N3OS/c1-8-6-13-11(17-8)12(2,3)14-7-10(16)15-9-4-5-9/h6,9,14H,4-5,7H2,1-3H3,(H,15,16). The van der Waals surface area contributed by atoms with Gasteiger partial charge in [0.05, 0.1) is 12.1 Å². The highest BCUT2D eigenvalue weighted by atomic mass is 32.1.